The van der Waals surface area contributed by atoms with Gasteiger partial charge in [-0.2, -0.15) is 0 Å². The standard InChI is InChI=1S/C15H16N2O2S/c1-10(18)12-3-8-15(16-9-12)20-14-6-4-13(5-7-14)17-11(2)19/h3-10,18H,1-2H3,(H,17,19). The third-order valence-electron chi connectivity index (χ3n) is 2.64. The SMILES string of the molecule is CC(=O)Nc1ccc(Sc2ccc(C(C)O)cn2)cc1. The summed E-state index contributed by atoms with van der Waals surface area (Å²) in [5, 5.41) is 13.0. The lowest BCUT2D eigenvalue weighted by molar-refractivity contribution is -0.114. The largest absolute Gasteiger partial charge is 0.389 e. The molecule has 5 heteroatoms. The van der Waals surface area contributed by atoms with E-state index in [1.807, 2.05) is 36.4 Å². The summed E-state index contributed by atoms with van der Waals surface area (Å²) in [6.07, 6.45) is 1.18. The second-order valence-corrected chi connectivity index (χ2v) is 5.51. The fraction of sp³-hybridized carbons (Fsp3) is 0.200. The Morgan fingerprint density at radius 2 is 1.95 bits per heavy atom. The van der Waals surface area contributed by atoms with Gasteiger partial charge in [-0.25, -0.2) is 4.98 Å². The number of hydrogen-bond donors (Lipinski definition) is 2. The molecule has 4 nitrogen and oxygen atoms in total. The molecule has 1 unspecified atom stereocenters. The van der Waals surface area contributed by atoms with Crippen molar-refractivity contribution in [1.29, 1.82) is 0 Å². The van der Waals surface area contributed by atoms with E-state index in [-0.39, 0.29) is 5.91 Å². The molecule has 1 amide bonds. The van der Waals surface area contributed by atoms with Gasteiger partial charge in [-0.3, -0.25) is 4.79 Å². The molecular formula is C15H16N2O2S. The molecule has 2 N–H and O–H groups in total. The number of hydrogen-bond acceptors (Lipinski definition) is 4. The Balaban J connectivity index is 2.04. The van der Waals surface area contributed by atoms with Gasteiger partial charge >= 0.3 is 0 Å². The van der Waals surface area contributed by atoms with Gasteiger partial charge in [0.25, 0.3) is 0 Å². The number of benzene rings is 1. The summed E-state index contributed by atoms with van der Waals surface area (Å²) in [6, 6.07) is 11.3. The van der Waals surface area contributed by atoms with Gasteiger partial charge in [0.05, 0.1) is 6.10 Å². The Kier molecular flexibility index (Phi) is 4.76. The average molecular weight is 288 g/mol. The zero-order chi connectivity index (χ0) is 14.5. The minimum Gasteiger partial charge on any atom is -0.389 e. The van der Waals surface area contributed by atoms with E-state index in [4.69, 9.17) is 0 Å². The maximum atomic E-state index is 10.9. The maximum Gasteiger partial charge on any atom is 0.221 e. The summed E-state index contributed by atoms with van der Waals surface area (Å²) < 4.78 is 0. The normalized spacial score (nSPS) is 11.9. The zero-order valence-corrected chi connectivity index (χ0v) is 12.1. The zero-order valence-electron chi connectivity index (χ0n) is 11.3. The fourth-order valence-electron chi connectivity index (χ4n) is 1.63. The summed E-state index contributed by atoms with van der Waals surface area (Å²) in [5.41, 5.74) is 1.58. The molecule has 0 bridgehead atoms. The number of aliphatic hydroxyl groups is 1. The first kappa shape index (κ1) is 14.6. The summed E-state index contributed by atoms with van der Waals surface area (Å²) in [4.78, 5) is 16.3. The van der Waals surface area contributed by atoms with Crippen LogP contribution in [-0.2, 0) is 4.79 Å². The number of anilines is 1. The molecule has 0 aliphatic heterocycles. The topological polar surface area (TPSA) is 62.2 Å². The Morgan fingerprint density at radius 1 is 1.25 bits per heavy atom. The number of amides is 1. The number of carbonyl (C=O) groups excluding carboxylic acids is 1. The van der Waals surface area contributed by atoms with Crippen molar-refractivity contribution < 1.29 is 9.90 Å². The van der Waals surface area contributed by atoms with Crippen LogP contribution in [0.25, 0.3) is 0 Å². The van der Waals surface area contributed by atoms with Gasteiger partial charge in [0.15, 0.2) is 0 Å². The molecule has 0 radical (unpaired) electrons. The smallest absolute Gasteiger partial charge is 0.221 e. The molecule has 104 valence electrons. The van der Waals surface area contributed by atoms with E-state index in [9.17, 15) is 9.90 Å². The van der Waals surface area contributed by atoms with Crippen LogP contribution < -0.4 is 5.32 Å². The Hall–Kier alpha value is -1.85. The first-order valence-electron chi connectivity index (χ1n) is 6.24. The molecule has 2 rings (SSSR count). The third kappa shape index (κ3) is 4.08. The highest BCUT2D eigenvalue weighted by atomic mass is 32.2. The predicted molar refractivity (Wildman–Crippen MR) is 79.7 cm³/mol. The van der Waals surface area contributed by atoms with E-state index < -0.39 is 6.10 Å². The maximum absolute atomic E-state index is 10.9. The number of carbonyl (C=O) groups is 1. The highest BCUT2D eigenvalue weighted by Gasteiger charge is 2.03. The number of nitrogens with one attached hydrogen (secondary N) is 1. The molecular weight excluding hydrogens is 272 g/mol. The minimum atomic E-state index is -0.501. The summed E-state index contributed by atoms with van der Waals surface area (Å²) in [5.74, 6) is -0.0826. The molecule has 0 saturated carbocycles. The van der Waals surface area contributed by atoms with Crippen LogP contribution in [0.1, 0.15) is 25.5 Å². The summed E-state index contributed by atoms with van der Waals surface area (Å²) >= 11 is 1.53. The molecule has 1 heterocycles. The first-order valence-corrected chi connectivity index (χ1v) is 7.06. The van der Waals surface area contributed by atoms with Crippen LogP contribution in [0.2, 0.25) is 0 Å². The molecule has 1 aromatic heterocycles. The third-order valence-corrected chi connectivity index (χ3v) is 3.60. The van der Waals surface area contributed by atoms with E-state index in [1.165, 1.54) is 18.7 Å². The number of rotatable bonds is 4. The molecule has 0 fully saturated rings. The molecule has 1 atom stereocenters. The molecule has 1 aromatic carbocycles. The number of aliphatic hydroxyl groups excluding tert-OH is 1. The van der Waals surface area contributed by atoms with Crippen LogP contribution in [-0.4, -0.2) is 16.0 Å². The van der Waals surface area contributed by atoms with Gasteiger partial charge in [0.1, 0.15) is 5.03 Å². The van der Waals surface area contributed by atoms with Gasteiger partial charge in [-0.05, 0) is 42.8 Å². The van der Waals surface area contributed by atoms with Gasteiger partial charge in [0, 0.05) is 23.7 Å². The van der Waals surface area contributed by atoms with Crippen molar-refractivity contribution in [2.75, 3.05) is 5.32 Å². The van der Waals surface area contributed by atoms with Crippen LogP contribution in [0.15, 0.2) is 52.5 Å². The first-order chi connectivity index (χ1) is 9.54. The molecule has 0 aliphatic rings. The van der Waals surface area contributed by atoms with Crippen LogP contribution >= 0.6 is 11.8 Å². The van der Waals surface area contributed by atoms with Gasteiger partial charge in [0.2, 0.25) is 5.91 Å². The van der Waals surface area contributed by atoms with E-state index >= 15 is 0 Å². The van der Waals surface area contributed by atoms with E-state index in [0.29, 0.717) is 0 Å². The van der Waals surface area contributed by atoms with Crippen molar-refractivity contribution in [2.24, 2.45) is 0 Å². The predicted octanol–water partition coefficient (Wildman–Crippen LogP) is 3.24. The molecule has 0 saturated heterocycles. The average Bonchev–Trinajstić information content (AvgIpc) is 2.41. The lowest BCUT2D eigenvalue weighted by atomic mass is 10.2. The Bertz CT molecular complexity index is 580. The van der Waals surface area contributed by atoms with Gasteiger partial charge in [-0.15, -0.1) is 0 Å². The second kappa shape index (κ2) is 6.54. The van der Waals surface area contributed by atoms with E-state index in [2.05, 4.69) is 10.3 Å². The molecule has 20 heavy (non-hydrogen) atoms. The Morgan fingerprint density at radius 3 is 2.45 bits per heavy atom. The number of nitrogens with zero attached hydrogens (tertiary/aromatic N) is 1. The van der Waals surface area contributed by atoms with Gasteiger partial charge < -0.3 is 10.4 Å². The Labute approximate surface area is 122 Å². The minimum absolute atomic E-state index is 0.0826. The second-order valence-electron chi connectivity index (χ2n) is 4.41. The lowest BCUT2D eigenvalue weighted by Gasteiger charge is -2.06. The van der Waals surface area contributed by atoms with E-state index in [1.54, 1.807) is 13.1 Å². The van der Waals surface area contributed by atoms with Crippen molar-refractivity contribution in [2.45, 2.75) is 29.9 Å². The van der Waals surface area contributed by atoms with Crippen LogP contribution in [0, 0.1) is 0 Å². The molecule has 0 aliphatic carbocycles. The van der Waals surface area contributed by atoms with Gasteiger partial charge in [-0.1, -0.05) is 17.8 Å². The number of pyridine rings is 1. The van der Waals surface area contributed by atoms with Crippen LogP contribution in [0.3, 0.4) is 0 Å². The highest BCUT2D eigenvalue weighted by molar-refractivity contribution is 7.99. The van der Waals surface area contributed by atoms with E-state index in [0.717, 1.165) is 21.2 Å². The monoisotopic (exact) mass is 288 g/mol. The van der Waals surface area contributed by atoms with Crippen molar-refractivity contribution >= 4 is 23.4 Å². The molecule has 0 spiro atoms. The summed E-state index contributed by atoms with van der Waals surface area (Å²) in [6.45, 7) is 3.20. The van der Waals surface area contributed by atoms with Crippen molar-refractivity contribution in [1.82, 2.24) is 4.98 Å². The fourth-order valence-corrected chi connectivity index (χ4v) is 2.38. The van der Waals surface area contributed by atoms with Crippen molar-refractivity contribution in [3.8, 4) is 0 Å². The highest BCUT2D eigenvalue weighted by Crippen LogP contribution is 2.27. The van der Waals surface area contributed by atoms with Crippen molar-refractivity contribution in [3.63, 3.8) is 0 Å². The quantitative estimate of drug-likeness (QED) is 0.906. The summed E-state index contributed by atoms with van der Waals surface area (Å²) in [7, 11) is 0. The van der Waals surface area contributed by atoms with Crippen molar-refractivity contribution in [3.05, 3.63) is 48.2 Å². The van der Waals surface area contributed by atoms with Crippen LogP contribution in [0.5, 0.6) is 0 Å². The lowest BCUT2D eigenvalue weighted by Crippen LogP contribution is -2.05. The van der Waals surface area contributed by atoms with Crippen LogP contribution in [0.4, 0.5) is 5.69 Å². The number of aromatic nitrogens is 1. The molecule has 2 aromatic rings.